The van der Waals surface area contributed by atoms with E-state index in [1.165, 1.54) is 57.8 Å². The molecule has 1 N–H and O–H groups in total. The average Bonchev–Trinajstić information content (AvgIpc) is 3.19. The fraction of sp³-hybridized carbons (Fsp3) is 1.00. The first kappa shape index (κ1) is 20.8. The molecule has 2 heteroatoms. The van der Waals surface area contributed by atoms with Gasteiger partial charge in [-0.1, -0.05) is 40.5 Å². The van der Waals surface area contributed by atoms with Crippen LogP contribution in [0.3, 0.4) is 0 Å². The maximum Gasteiger partial charge on any atom is 0.0618 e. The molecule has 0 aromatic carbocycles. The third-order valence-electron chi connectivity index (χ3n) is 11.4. The molecule has 1 saturated heterocycles. The van der Waals surface area contributed by atoms with E-state index in [-0.39, 0.29) is 0 Å². The number of aliphatic hydroxyl groups is 1. The predicted octanol–water partition coefficient (Wildman–Crippen LogP) is 6.46. The molecule has 0 aromatic heterocycles. The molecular formula is C27H46O2. The molecule has 0 bridgehead atoms. The summed E-state index contributed by atoms with van der Waals surface area (Å²) in [6, 6.07) is 0. The Bertz CT molecular complexity index is 603. The van der Waals surface area contributed by atoms with Crippen LogP contribution in [0.5, 0.6) is 0 Å². The second-order valence-corrected chi connectivity index (χ2v) is 12.6. The zero-order chi connectivity index (χ0) is 20.4. The Balaban J connectivity index is 1.33. The van der Waals surface area contributed by atoms with E-state index in [0.29, 0.717) is 41.5 Å². The summed E-state index contributed by atoms with van der Waals surface area (Å²) < 4.78 is 6.78. The first-order chi connectivity index (χ1) is 13.9. The molecule has 1 aliphatic heterocycles. The first-order valence-electron chi connectivity index (χ1n) is 13.1. The van der Waals surface area contributed by atoms with Crippen molar-refractivity contribution in [3.05, 3.63) is 0 Å². The van der Waals surface area contributed by atoms with Gasteiger partial charge < -0.3 is 9.84 Å². The van der Waals surface area contributed by atoms with E-state index in [2.05, 4.69) is 27.7 Å². The van der Waals surface area contributed by atoms with Crippen molar-refractivity contribution in [1.82, 2.24) is 0 Å². The Morgan fingerprint density at radius 1 is 1.00 bits per heavy atom. The molecule has 166 valence electrons. The fourth-order valence-electron chi connectivity index (χ4n) is 9.85. The first-order valence-corrected chi connectivity index (χ1v) is 13.1. The lowest BCUT2D eigenvalue weighted by Crippen LogP contribution is -2.53. The molecule has 3 unspecified atom stereocenters. The zero-order valence-electron chi connectivity index (χ0n) is 19.5. The van der Waals surface area contributed by atoms with Gasteiger partial charge in [0, 0.05) is 6.61 Å². The molecule has 5 rings (SSSR count). The highest BCUT2D eigenvalue weighted by Crippen LogP contribution is 2.70. The topological polar surface area (TPSA) is 29.5 Å². The molecule has 11 atom stereocenters. The monoisotopic (exact) mass is 402 g/mol. The molecule has 4 saturated carbocycles. The predicted molar refractivity (Wildman–Crippen MR) is 119 cm³/mol. The molecule has 2 nitrogen and oxygen atoms in total. The summed E-state index contributed by atoms with van der Waals surface area (Å²) in [4.78, 5) is 0. The van der Waals surface area contributed by atoms with Crippen LogP contribution in [0.4, 0.5) is 0 Å². The number of fused-ring (bicyclic) bond motifs is 7. The van der Waals surface area contributed by atoms with Crippen molar-refractivity contribution in [3.63, 3.8) is 0 Å². The summed E-state index contributed by atoms with van der Waals surface area (Å²) in [6.07, 6.45) is 16.5. The molecule has 29 heavy (non-hydrogen) atoms. The third-order valence-corrected chi connectivity index (χ3v) is 11.4. The van der Waals surface area contributed by atoms with Crippen LogP contribution in [0.2, 0.25) is 0 Å². The van der Waals surface area contributed by atoms with Crippen LogP contribution in [0.25, 0.3) is 0 Å². The summed E-state index contributed by atoms with van der Waals surface area (Å²) >= 11 is 0. The van der Waals surface area contributed by atoms with E-state index in [1.807, 2.05) is 0 Å². The average molecular weight is 403 g/mol. The van der Waals surface area contributed by atoms with Gasteiger partial charge in [-0.05, 0) is 110 Å². The molecule has 0 aromatic rings. The Labute approximate surface area is 179 Å². The Morgan fingerprint density at radius 3 is 2.62 bits per heavy atom. The van der Waals surface area contributed by atoms with Gasteiger partial charge in [0.05, 0.1) is 12.2 Å². The van der Waals surface area contributed by atoms with Gasteiger partial charge in [-0.25, -0.2) is 0 Å². The van der Waals surface area contributed by atoms with Crippen LogP contribution in [0.1, 0.15) is 98.3 Å². The van der Waals surface area contributed by atoms with Crippen molar-refractivity contribution in [2.75, 3.05) is 6.61 Å². The summed E-state index contributed by atoms with van der Waals surface area (Å²) in [5.74, 6) is 5.79. The number of ether oxygens (including phenoxy) is 1. The lowest BCUT2D eigenvalue weighted by Gasteiger charge is -2.60. The van der Waals surface area contributed by atoms with Gasteiger partial charge in [-0.2, -0.15) is 0 Å². The third kappa shape index (κ3) is 3.09. The Kier molecular flexibility index (Phi) is 5.38. The highest BCUT2D eigenvalue weighted by molar-refractivity contribution is 5.13. The fourth-order valence-corrected chi connectivity index (χ4v) is 9.85. The zero-order valence-corrected chi connectivity index (χ0v) is 19.5. The van der Waals surface area contributed by atoms with Gasteiger partial charge >= 0.3 is 0 Å². The number of hydrogen-bond acceptors (Lipinski definition) is 2. The normalized spacial score (nSPS) is 54.9. The molecular weight excluding hydrogens is 356 g/mol. The van der Waals surface area contributed by atoms with Crippen LogP contribution in [0.15, 0.2) is 0 Å². The smallest absolute Gasteiger partial charge is 0.0618 e. The lowest BCUT2D eigenvalue weighted by molar-refractivity contribution is -0.115. The van der Waals surface area contributed by atoms with Gasteiger partial charge in [0.1, 0.15) is 0 Å². The lowest BCUT2D eigenvalue weighted by atomic mass is 9.44. The quantitative estimate of drug-likeness (QED) is 0.585. The van der Waals surface area contributed by atoms with E-state index >= 15 is 0 Å². The molecule has 4 aliphatic carbocycles. The van der Waals surface area contributed by atoms with E-state index in [4.69, 9.17) is 4.74 Å². The summed E-state index contributed by atoms with van der Waals surface area (Å²) in [6.45, 7) is 10.4. The van der Waals surface area contributed by atoms with Crippen molar-refractivity contribution in [2.45, 2.75) is 111 Å². The number of rotatable bonds is 4. The van der Waals surface area contributed by atoms with Crippen LogP contribution >= 0.6 is 0 Å². The highest BCUT2D eigenvalue weighted by atomic mass is 16.5. The highest BCUT2D eigenvalue weighted by Gasteiger charge is 2.65. The molecule has 0 spiro atoms. The van der Waals surface area contributed by atoms with Crippen molar-refractivity contribution < 1.29 is 9.84 Å². The summed E-state index contributed by atoms with van der Waals surface area (Å²) in [5, 5.41) is 9.40. The standard InChI is InChI=1S/C27H46O2/c1-17(16-28)8-11-23-18(2)25-24(29-23)15-22-20-10-9-19-7-5-6-13-26(19,3)21(20)12-14-27(22,25)4/h17-25,28H,5-16H2,1-4H3/t17-,18?,19-,20+,21-,22-,23+,24?,25?,26-,27-/m0/s1. The van der Waals surface area contributed by atoms with Gasteiger partial charge in [-0.3, -0.25) is 0 Å². The second-order valence-electron chi connectivity index (χ2n) is 12.6. The van der Waals surface area contributed by atoms with Crippen LogP contribution in [-0.2, 0) is 4.74 Å². The second kappa shape index (κ2) is 7.51. The van der Waals surface area contributed by atoms with Crippen molar-refractivity contribution in [1.29, 1.82) is 0 Å². The van der Waals surface area contributed by atoms with Crippen LogP contribution in [-0.4, -0.2) is 23.9 Å². The molecule has 1 heterocycles. The van der Waals surface area contributed by atoms with E-state index < -0.39 is 0 Å². The largest absolute Gasteiger partial charge is 0.396 e. The molecule has 5 fully saturated rings. The SMILES string of the molecule is CC1C2C(C[C@H]3[C@@H]4CC[C@@H]5CCCC[C@]5(C)[C@H]4CC[C@]23C)O[C@@H]1CC[C@H](C)CO. The maximum absolute atomic E-state index is 9.40. The number of aliphatic hydroxyl groups excluding tert-OH is 1. The van der Waals surface area contributed by atoms with Gasteiger partial charge in [0.2, 0.25) is 0 Å². The Morgan fingerprint density at radius 2 is 1.83 bits per heavy atom. The molecule has 0 amide bonds. The van der Waals surface area contributed by atoms with E-state index in [0.717, 1.165) is 42.4 Å². The maximum atomic E-state index is 9.40. The van der Waals surface area contributed by atoms with Gasteiger partial charge in [0.25, 0.3) is 0 Å². The van der Waals surface area contributed by atoms with Crippen LogP contribution in [0, 0.1) is 52.3 Å². The van der Waals surface area contributed by atoms with E-state index in [9.17, 15) is 5.11 Å². The summed E-state index contributed by atoms with van der Waals surface area (Å²) in [7, 11) is 0. The Hall–Kier alpha value is -0.0800. The van der Waals surface area contributed by atoms with E-state index in [1.54, 1.807) is 0 Å². The molecule has 0 radical (unpaired) electrons. The molecule has 5 aliphatic rings. The number of hydrogen-bond donors (Lipinski definition) is 1. The van der Waals surface area contributed by atoms with Gasteiger partial charge in [-0.15, -0.1) is 0 Å². The minimum atomic E-state index is 0.316. The van der Waals surface area contributed by atoms with Gasteiger partial charge in [0.15, 0.2) is 0 Å². The van der Waals surface area contributed by atoms with Crippen molar-refractivity contribution >= 4 is 0 Å². The van der Waals surface area contributed by atoms with Crippen molar-refractivity contribution in [2.24, 2.45) is 52.3 Å². The summed E-state index contributed by atoms with van der Waals surface area (Å²) in [5.41, 5.74) is 1.16. The minimum absolute atomic E-state index is 0.316. The van der Waals surface area contributed by atoms with Crippen LogP contribution < -0.4 is 0 Å². The van der Waals surface area contributed by atoms with Crippen molar-refractivity contribution in [3.8, 4) is 0 Å². The minimum Gasteiger partial charge on any atom is -0.396 e.